The zero-order chi connectivity index (χ0) is 15.9. The summed E-state index contributed by atoms with van der Waals surface area (Å²) in [6.07, 6.45) is 0. The first-order chi connectivity index (χ1) is 10.5. The molecule has 7 heteroatoms. The van der Waals surface area contributed by atoms with Crippen molar-refractivity contribution < 1.29 is 4.79 Å². The lowest BCUT2D eigenvalue weighted by atomic mass is 10.2. The minimum atomic E-state index is -0.205. The lowest BCUT2D eigenvalue weighted by molar-refractivity contribution is -0.120. The fraction of sp³-hybridized carbons (Fsp3) is 0.400. The summed E-state index contributed by atoms with van der Waals surface area (Å²) in [4.78, 5) is 12.1. The maximum absolute atomic E-state index is 12.1. The van der Waals surface area contributed by atoms with Crippen LogP contribution in [0.1, 0.15) is 26.3 Å². The van der Waals surface area contributed by atoms with E-state index in [4.69, 9.17) is 0 Å². The summed E-state index contributed by atoms with van der Waals surface area (Å²) in [6, 6.07) is 10.2. The van der Waals surface area contributed by atoms with Crippen molar-refractivity contribution >= 4 is 34.1 Å². The summed E-state index contributed by atoms with van der Waals surface area (Å²) in [5.41, 5.74) is 1.09. The Morgan fingerprint density at radius 3 is 2.64 bits per heavy atom. The third kappa shape index (κ3) is 5.31. The van der Waals surface area contributed by atoms with Crippen molar-refractivity contribution in [3.05, 3.63) is 35.9 Å². The summed E-state index contributed by atoms with van der Waals surface area (Å²) in [5.74, 6) is 0.00224. The van der Waals surface area contributed by atoms with Gasteiger partial charge in [0.05, 0.1) is 5.25 Å². The molecule has 1 aromatic carbocycles. The molecule has 1 unspecified atom stereocenters. The summed E-state index contributed by atoms with van der Waals surface area (Å²) in [5, 5.41) is 14.9. The molecule has 1 heterocycles. The van der Waals surface area contributed by atoms with Gasteiger partial charge in [0.1, 0.15) is 0 Å². The van der Waals surface area contributed by atoms with Crippen LogP contribution in [0.3, 0.4) is 0 Å². The summed E-state index contributed by atoms with van der Waals surface area (Å²) in [6.45, 7) is 6.52. The van der Waals surface area contributed by atoms with Gasteiger partial charge in [0.25, 0.3) is 0 Å². The second kappa shape index (κ2) is 8.14. The Hall–Kier alpha value is -1.60. The smallest absolute Gasteiger partial charge is 0.233 e. The van der Waals surface area contributed by atoms with Crippen molar-refractivity contribution in [2.45, 2.75) is 42.9 Å². The summed E-state index contributed by atoms with van der Waals surface area (Å²) in [7, 11) is 0. The first-order valence-electron chi connectivity index (χ1n) is 7.13. The Kier molecular flexibility index (Phi) is 6.21. The highest BCUT2D eigenvalue weighted by atomic mass is 32.2. The lowest BCUT2D eigenvalue weighted by Crippen LogP contribution is -2.30. The van der Waals surface area contributed by atoms with Crippen LogP contribution < -0.4 is 10.6 Å². The fourth-order valence-corrected chi connectivity index (χ4v) is 3.76. The van der Waals surface area contributed by atoms with Crippen LogP contribution in [0.4, 0.5) is 5.13 Å². The van der Waals surface area contributed by atoms with E-state index in [0.717, 1.165) is 15.0 Å². The van der Waals surface area contributed by atoms with Crippen LogP contribution in [0.5, 0.6) is 0 Å². The van der Waals surface area contributed by atoms with E-state index in [1.54, 1.807) is 0 Å². The van der Waals surface area contributed by atoms with Gasteiger partial charge < -0.3 is 10.6 Å². The molecule has 0 radical (unpaired) electrons. The predicted octanol–water partition coefficient (Wildman–Crippen LogP) is 3.16. The molecule has 0 saturated carbocycles. The van der Waals surface area contributed by atoms with Gasteiger partial charge in [-0.25, -0.2) is 0 Å². The third-order valence-electron chi connectivity index (χ3n) is 2.77. The Balaban J connectivity index is 1.82. The second-order valence-corrected chi connectivity index (χ2v) is 7.70. The number of rotatable bonds is 7. The average molecular weight is 336 g/mol. The highest BCUT2D eigenvalue weighted by Gasteiger charge is 2.17. The van der Waals surface area contributed by atoms with Crippen LogP contribution in [0.15, 0.2) is 34.7 Å². The molecule has 0 saturated heterocycles. The van der Waals surface area contributed by atoms with Crippen molar-refractivity contribution in [3.8, 4) is 0 Å². The standard InChI is InChI=1S/C15H20N4OS2/c1-10(2)17-14-18-19-15(22-14)21-11(3)13(20)16-9-12-7-5-4-6-8-12/h4-8,10-11H,9H2,1-3H3,(H,16,20)(H,17,18). The van der Waals surface area contributed by atoms with Gasteiger partial charge >= 0.3 is 0 Å². The molecular weight excluding hydrogens is 316 g/mol. The van der Waals surface area contributed by atoms with Gasteiger partial charge in [-0.05, 0) is 26.3 Å². The predicted molar refractivity (Wildman–Crippen MR) is 92.3 cm³/mol. The maximum atomic E-state index is 12.1. The van der Waals surface area contributed by atoms with Crippen molar-refractivity contribution in [2.75, 3.05) is 5.32 Å². The second-order valence-electron chi connectivity index (χ2n) is 5.14. The van der Waals surface area contributed by atoms with E-state index in [-0.39, 0.29) is 11.2 Å². The fourth-order valence-electron chi connectivity index (χ4n) is 1.70. The van der Waals surface area contributed by atoms with Crippen LogP contribution in [0.2, 0.25) is 0 Å². The van der Waals surface area contributed by atoms with E-state index >= 15 is 0 Å². The van der Waals surface area contributed by atoms with Gasteiger partial charge in [-0.1, -0.05) is 53.4 Å². The highest BCUT2D eigenvalue weighted by molar-refractivity contribution is 8.02. The van der Waals surface area contributed by atoms with Gasteiger partial charge in [0.15, 0.2) is 4.34 Å². The topological polar surface area (TPSA) is 66.9 Å². The molecule has 2 N–H and O–H groups in total. The molecule has 0 fully saturated rings. The molecular formula is C15H20N4OS2. The van der Waals surface area contributed by atoms with Crippen LogP contribution in [-0.4, -0.2) is 27.4 Å². The van der Waals surface area contributed by atoms with Crippen LogP contribution in [0, 0.1) is 0 Å². The number of nitrogens with zero attached hydrogens (tertiary/aromatic N) is 2. The molecule has 1 aromatic heterocycles. The quantitative estimate of drug-likeness (QED) is 0.760. The number of aromatic nitrogens is 2. The van der Waals surface area contributed by atoms with E-state index in [0.29, 0.717) is 12.6 Å². The van der Waals surface area contributed by atoms with Crippen molar-refractivity contribution in [1.29, 1.82) is 0 Å². The number of carbonyl (C=O) groups excluding carboxylic acids is 1. The van der Waals surface area contributed by atoms with E-state index in [1.807, 2.05) is 51.1 Å². The van der Waals surface area contributed by atoms with Crippen LogP contribution >= 0.6 is 23.1 Å². The molecule has 1 atom stereocenters. The number of hydrogen-bond donors (Lipinski definition) is 2. The number of benzene rings is 1. The molecule has 0 bridgehead atoms. The van der Waals surface area contributed by atoms with Gasteiger partial charge in [-0.15, -0.1) is 10.2 Å². The van der Waals surface area contributed by atoms with E-state index in [2.05, 4.69) is 20.8 Å². The molecule has 2 aromatic rings. The molecule has 0 aliphatic rings. The lowest BCUT2D eigenvalue weighted by Gasteiger charge is -2.10. The van der Waals surface area contributed by atoms with E-state index in [9.17, 15) is 4.79 Å². The zero-order valence-electron chi connectivity index (χ0n) is 12.9. The summed E-state index contributed by atoms with van der Waals surface area (Å²) >= 11 is 2.90. The van der Waals surface area contributed by atoms with Gasteiger partial charge in [-0.2, -0.15) is 0 Å². The van der Waals surface area contributed by atoms with Crippen molar-refractivity contribution in [2.24, 2.45) is 0 Å². The Labute approximate surface area is 138 Å². The molecule has 0 aliphatic carbocycles. The molecule has 0 aliphatic heterocycles. The number of anilines is 1. The van der Waals surface area contributed by atoms with Gasteiger partial charge in [0.2, 0.25) is 11.0 Å². The minimum Gasteiger partial charge on any atom is -0.358 e. The average Bonchev–Trinajstić information content (AvgIpc) is 2.92. The first kappa shape index (κ1) is 16.8. The van der Waals surface area contributed by atoms with E-state index < -0.39 is 0 Å². The Bertz CT molecular complexity index is 601. The zero-order valence-corrected chi connectivity index (χ0v) is 14.5. The monoisotopic (exact) mass is 336 g/mol. The molecule has 2 rings (SSSR count). The van der Waals surface area contributed by atoms with Gasteiger partial charge in [0, 0.05) is 12.6 Å². The number of hydrogen-bond acceptors (Lipinski definition) is 6. The number of carbonyl (C=O) groups is 1. The van der Waals surface area contributed by atoms with E-state index in [1.165, 1.54) is 23.1 Å². The SMILES string of the molecule is CC(C)Nc1nnc(SC(C)C(=O)NCc2ccccc2)s1. The van der Waals surface area contributed by atoms with Crippen molar-refractivity contribution in [1.82, 2.24) is 15.5 Å². The molecule has 0 spiro atoms. The first-order valence-corrected chi connectivity index (χ1v) is 8.82. The Morgan fingerprint density at radius 2 is 1.95 bits per heavy atom. The minimum absolute atomic E-state index is 0.00224. The number of amides is 1. The van der Waals surface area contributed by atoms with Crippen LogP contribution in [-0.2, 0) is 11.3 Å². The largest absolute Gasteiger partial charge is 0.358 e. The highest BCUT2D eigenvalue weighted by Crippen LogP contribution is 2.29. The number of nitrogens with one attached hydrogen (secondary N) is 2. The van der Waals surface area contributed by atoms with Gasteiger partial charge in [-0.3, -0.25) is 4.79 Å². The Morgan fingerprint density at radius 1 is 1.23 bits per heavy atom. The molecule has 118 valence electrons. The molecule has 5 nitrogen and oxygen atoms in total. The maximum Gasteiger partial charge on any atom is 0.233 e. The van der Waals surface area contributed by atoms with Crippen molar-refractivity contribution in [3.63, 3.8) is 0 Å². The number of thioether (sulfide) groups is 1. The summed E-state index contributed by atoms with van der Waals surface area (Å²) < 4.78 is 0.797. The molecule has 22 heavy (non-hydrogen) atoms. The third-order valence-corrected chi connectivity index (χ3v) is 4.81. The molecule has 1 amide bonds. The normalized spacial score (nSPS) is 12.2. The van der Waals surface area contributed by atoms with Crippen LogP contribution in [0.25, 0.3) is 0 Å².